The fourth-order valence-corrected chi connectivity index (χ4v) is 3.26. The van der Waals surface area contributed by atoms with Gasteiger partial charge in [-0.3, -0.25) is 14.5 Å². The van der Waals surface area contributed by atoms with E-state index in [4.69, 9.17) is 25.8 Å². The Labute approximate surface area is 159 Å². The monoisotopic (exact) mass is 387 g/mol. The van der Waals surface area contributed by atoms with Crippen molar-refractivity contribution in [3.05, 3.63) is 57.6 Å². The fourth-order valence-electron chi connectivity index (χ4n) is 2.97. The average Bonchev–Trinajstić information content (AvgIpc) is 2.90. The summed E-state index contributed by atoms with van der Waals surface area (Å²) in [6.07, 6.45) is 0. The van der Waals surface area contributed by atoms with Crippen LogP contribution in [0.3, 0.4) is 0 Å². The van der Waals surface area contributed by atoms with Gasteiger partial charge in [-0.1, -0.05) is 11.6 Å². The summed E-state index contributed by atoms with van der Waals surface area (Å²) in [6.45, 7) is 0.817. The van der Waals surface area contributed by atoms with E-state index in [0.29, 0.717) is 35.3 Å². The van der Waals surface area contributed by atoms with Crippen molar-refractivity contribution >= 4 is 29.4 Å². The molecule has 0 radical (unpaired) electrons. The Morgan fingerprint density at radius 3 is 2.67 bits per heavy atom. The summed E-state index contributed by atoms with van der Waals surface area (Å²) < 4.78 is 16.2. The third-order valence-corrected chi connectivity index (χ3v) is 4.63. The molecule has 0 aliphatic carbocycles. The van der Waals surface area contributed by atoms with Gasteiger partial charge in [0.05, 0.1) is 21.7 Å². The van der Waals surface area contributed by atoms with Crippen molar-refractivity contribution in [2.45, 2.75) is 6.61 Å². The Bertz CT molecular complexity index is 986. The number of carbonyl (C=O) groups is 3. The van der Waals surface area contributed by atoms with E-state index in [1.54, 1.807) is 12.1 Å². The Kier molecular flexibility index (Phi) is 4.24. The summed E-state index contributed by atoms with van der Waals surface area (Å²) in [5.74, 6) is -0.462. The van der Waals surface area contributed by atoms with Crippen LogP contribution in [0.4, 0.5) is 0 Å². The number of esters is 1. The highest BCUT2D eigenvalue weighted by atomic mass is 35.5. The van der Waals surface area contributed by atoms with Crippen LogP contribution in [0.5, 0.6) is 11.5 Å². The number of fused-ring (bicyclic) bond motifs is 2. The number of halogens is 1. The van der Waals surface area contributed by atoms with E-state index in [9.17, 15) is 14.4 Å². The summed E-state index contributed by atoms with van der Waals surface area (Å²) in [5.41, 5.74) is 1.30. The first-order valence-electron chi connectivity index (χ1n) is 8.17. The number of nitrogens with zero attached hydrogens (tertiary/aromatic N) is 1. The van der Waals surface area contributed by atoms with Gasteiger partial charge < -0.3 is 14.2 Å². The normalized spacial score (nSPS) is 15.0. The summed E-state index contributed by atoms with van der Waals surface area (Å²) in [6, 6.07) is 7.63. The first-order valence-corrected chi connectivity index (χ1v) is 8.55. The molecule has 8 heteroatoms. The molecule has 0 unspecified atom stereocenters. The van der Waals surface area contributed by atoms with Crippen LogP contribution in [0.1, 0.15) is 36.6 Å². The van der Waals surface area contributed by atoms with E-state index in [1.165, 1.54) is 25.2 Å². The van der Waals surface area contributed by atoms with Gasteiger partial charge in [-0.25, -0.2) is 4.79 Å². The molecule has 2 amide bonds. The molecule has 0 saturated heterocycles. The van der Waals surface area contributed by atoms with Gasteiger partial charge >= 0.3 is 5.97 Å². The second-order valence-electron chi connectivity index (χ2n) is 6.11. The van der Waals surface area contributed by atoms with Crippen molar-refractivity contribution in [1.29, 1.82) is 0 Å². The Hall–Kier alpha value is -3.06. The maximum absolute atomic E-state index is 12.3. The van der Waals surface area contributed by atoms with Gasteiger partial charge in [0, 0.05) is 7.05 Å². The van der Waals surface area contributed by atoms with Crippen LogP contribution in [0.25, 0.3) is 0 Å². The minimum Gasteiger partial charge on any atom is -0.486 e. The molecule has 0 bridgehead atoms. The molecule has 4 rings (SSSR count). The lowest BCUT2D eigenvalue weighted by molar-refractivity contribution is 0.0471. The SMILES string of the molecule is CN1C(=O)c2ccc(C(=O)OCc3cc(Cl)c4c(c3)OCCO4)cc2C1=O. The summed E-state index contributed by atoms with van der Waals surface area (Å²) >= 11 is 6.17. The molecule has 2 aliphatic heterocycles. The number of benzene rings is 2. The molecular formula is C19H14ClNO6. The van der Waals surface area contributed by atoms with Gasteiger partial charge in [-0.05, 0) is 35.9 Å². The molecule has 0 atom stereocenters. The van der Waals surface area contributed by atoms with Crippen molar-refractivity contribution in [1.82, 2.24) is 4.90 Å². The third kappa shape index (κ3) is 3.00. The molecule has 0 spiro atoms. The van der Waals surface area contributed by atoms with Crippen molar-refractivity contribution in [2.75, 3.05) is 20.3 Å². The minimum atomic E-state index is -0.612. The first kappa shape index (κ1) is 17.4. The lowest BCUT2D eigenvalue weighted by Crippen LogP contribution is -2.24. The average molecular weight is 388 g/mol. The zero-order valence-corrected chi connectivity index (χ0v) is 15.0. The second-order valence-corrected chi connectivity index (χ2v) is 6.51. The molecule has 2 aliphatic rings. The molecule has 0 aromatic heterocycles. The topological polar surface area (TPSA) is 82.1 Å². The molecule has 7 nitrogen and oxygen atoms in total. The molecule has 27 heavy (non-hydrogen) atoms. The molecule has 0 saturated carbocycles. The van der Waals surface area contributed by atoms with Gasteiger partial charge in [0.25, 0.3) is 11.8 Å². The molecule has 138 valence electrons. The predicted molar refractivity (Wildman–Crippen MR) is 94.4 cm³/mol. The summed E-state index contributed by atoms with van der Waals surface area (Å²) in [5, 5.41) is 0.378. The number of hydrogen-bond donors (Lipinski definition) is 0. The predicted octanol–water partition coefficient (Wildman–Crippen LogP) is 2.69. The zero-order chi connectivity index (χ0) is 19.1. The van der Waals surface area contributed by atoms with Crippen molar-refractivity contribution < 1.29 is 28.6 Å². The zero-order valence-electron chi connectivity index (χ0n) is 14.3. The van der Waals surface area contributed by atoms with Gasteiger partial charge in [-0.15, -0.1) is 0 Å². The Morgan fingerprint density at radius 2 is 1.85 bits per heavy atom. The van der Waals surface area contributed by atoms with Gasteiger partial charge in [-0.2, -0.15) is 0 Å². The minimum absolute atomic E-state index is 0.0287. The maximum atomic E-state index is 12.3. The van der Waals surface area contributed by atoms with Crippen LogP contribution in [-0.4, -0.2) is 42.9 Å². The fraction of sp³-hybridized carbons (Fsp3) is 0.211. The lowest BCUT2D eigenvalue weighted by Gasteiger charge is -2.20. The summed E-state index contributed by atoms with van der Waals surface area (Å²) in [7, 11) is 1.40. The smallest absolute Gasteiger partial charge is 0.338 e. The lowest BCUT2D eigenvalue weighted by atomic mass is 10.1. The molecule has 2 aromatic carbocycles. The van der Waals surface area contributed by atoms with Crippen molar-refractivity contribution in [2.24, 2.45) is 0 Å². The molecular weight excluding hydrogens is 374 g/mol. The highest BCUT2D eigenvalue weighted by Crippen LogP contribution is 2.38. The number of hydrogen-bond acceptors (Lipinski definition) is 6. The van der Waals surface area contributed by atoms with Crippen molar-refractivity contribution in [3.8, 4) is 11.5 Å². The van der Waals surface area contributed by atoms with E-state index < -0.39 is 11.9 Å². The number of ether oxygens (including phenoxy) is 3. The number of carbonyl (C=O) groups excluding carboxylic acids is 3. The standard InChI is InChI=1S/C19H14ClNO6/c1-21-17(22)12-3-2-11(8-13(12)18(21)23)19(24)27-9-10-6-14(20)16-15(7-10)25-4-5-26-16/h2-3,6-8H,4-5,9H2,1H3. The number of amides is 2. The first-order chi connectivity index (χ1) is 13.0. The van der Waals surface area contributed by atoms with E-state index >= 15 is 0 Å². The maximum Gasteiger partial charge on any atom is 0.338 e. The second kappa shape index (κ2) is 6.59. The van der Waals surface area contributed by atoms with Crippen LogP contribution in [0.2, 0.25) is 5.02 Å². The summed E-state index contributed by atoms with van der Waals surface area (Å²) in [4.78, 5) is 37.3. The van der Waals surface area contributed by atoms with Crippen LogP contribution in [0, 0.1) is 0 Å². The molecule has 0 fully saturated rings. The largest absolute Gasteiger partial charge is 0.486 e. The van der Waals surface area contributed by atoms with Crippen LogP contribution in [0.15, 0.2) is 30.3 Å². The molecule has 2 aromatic rings. The Morgan fingerprint density at radius 1 is 1.11 bits per heavy atom. The Balaban J connectivity index is 1.50. The highest BCUT2D eigenvalue weighted by Gasteiger charge is 2.33. The van der Waals surface area contributed by atoms with E-state index in [0.717, 1.165) is 4.90 Å². The van der Waals surface area contributed by atoms with Crippen LogP contribution < -0.4 is 9.47 Å². The third-order valence-electron chi connectivity index (χ3n) is 4.35. The van der Waals surface area contributed by atoms with E-state index in [-0.39, 0.29) is 29.2 Å². The number of imide groups is 1. The molecule has 2 heterocycles. The van der Waals surface area contributed by atoms with Crippen LogP contribution >= 0.6 is 11.6 Å². The van der Waals surface area contributed by atoms with E-state index in [2.05, 4.69) is 0 Å². The quantitative estimate of drug-likeness (QED) is 0.595. The van der Waals surface area contributed by atoms with Gasteiger partial charge in [0.2, 0.25) is 0 Å². The number of rotatable bonds is 3. The van der Waals surface area contributed by atoms with Crippen molar-refractivity contribution in [3.63, 3.8) is 0 Å². The molecule has 0 N–H and O–H groups in total. The van der Waals surface area contributed by atoms with Gasteiger partial charge in [0.15, 0.2) is 11.5 Å². The van der Waals surface area contributed by atoms with Gasteiger partial charge in [0.1, 0.15) is 19.8 Å². The van der Waals surface area contributed by atoms with Crippen LogP contribution in [-0.2, 0) is 11.3 Å². The highest BCUT2D eigenvalue weighted by molar-refractivity contribution is 6.32. The van der Waals surface area contributed by atoms with E-state index in [1.807, 2.05) is 0 Å².